The lowest BCUT2D eigenvalue weighted by Gasteiger charge is -2.26. The third-order valence-electron chi connectivity index (χ3n) is 5.70. The largest absolute Gasteiger partial charge is 0.492 e. The molecule has 0 saturated heterocycles. The highest BCUT2D eigenvalue weighted by Gasteiger charge is 2.26. The third kappa shape index (κ3) is 26.5. The van der Waals surface area contributed by atoms with E-state index in [4.69, 9.17) is 14.4 Å². The van der Waals surface area contributed by atoms with Crippen LogP contribution < -0.4 is 5.32 Å². The summed E-state index contributed by atoms with van der Waals surface area (Å²) in [7, 11) is -3.86. The van der Waals surface area contributed by atoms with E-state index in [1.807, 2.05) is 0 Å². The lowest BCUT2D eigenvalue weighted by atomic mass is 9.95. The summed E-state index contributed by atoms with van der Waals surface area (Å²) in [4.78, 5) is 27.1. The minimum absolute atomic E-state index is 0. The van der Waals surface area contributed by atoms with Gasteiger partial charge in [-0.3, -0.25) is 0 Å². The number of hydrogen-bond acceptors (Lipinski definition) is 4. The predicted molar refractivity (Wildman–Crippen MR) is 134 cm³/mol. The van der Waals surface area contributed by atoms with Crippen molar-refractivity contribution in [2.24, 2.45) is 0 Å². The van der Waals surface area contributed by atoms with Gasteiger partial charge in [-0.2, -0.15) is 0 Å². The van der Waals surface area contributed by atoms with Gasteiger partial charge in [0.15, 0.2) is 0 Å². The predicted octanol–water partition coefficient (Wildman–Crippen LogP) is 6.50. The summed E-state index contributed by atoms with van der Waals surface area (Å²) in [5, 5.41) is 3.47. The molecule has 0 unspecified atom stereocenters. The lowest BCUT2D eigenvalue weighted by Crippen LogP contribution is -2.41. The number of hydrogen-bond donors (Lipinski definition) is 4. The molecular weight excluding hydrogens is 446 g/mol. The molecule has 4 N–H and O–H groups in total. The third-order valence-corrected chi connectivity index (χ3v) is 6.72. The van der Waals surface area contributed by atoms with Crippen molar-refractivity contribution in [3.05, 3.63) is 0 Å². The van der Waals surface area contributed by atoms with E-state index in [0.717, 1.165) is 13.0 Å². The summed E-state index contributed by atoms with van der Waals surface area (Å²) in [6, 6.07) is 0.120. The van der Waals surface area contributed by atoms with E-state index in [2.05, 4.69) is 26.1 Å². The highest BCUT2D eigenvalue weighted by atomic mass is 79.9. The number of nitrogens with one attached hydrogen (secondary N) is 1. The van der Waals surface area contributed by atoms with E-state index in [0.29, 0.717) is 6.42 Å². The molecule has 0 aliphatic heterocycles. The SMILES string of the molecule is Br.CCCCCCCCCCCCCCCCCC(C)(C)NCCC[Si](O)(O)O. The second-order valence-electron chi connectivity index (χ2n) is 9.39. The van der Waals surface area contributed by atoms with Crippen LogP contribution in [0.5, 0.6) is 0 Å². The van der Waals surface area contributed by atoms with Crippen LogP contribution in [0, 0.1) is 0 Å². The molecule has 0 fully saturated rings. The molecule has 0 aromatic carbocycles. The summed E-state index contributed by atoms with van der Waals surface area (Å²) >= 11 is 0. The van der Waals surface area contributed by atoms with Gasteiger partial charge in [0.05, 0.1) is 0 Å². The Morgan fingerprint density at radius 3 is 1.38 bits per heavy atom. The molecule has 0 radical (unpaired) electrons. The molecule has 178 valence electrons. The first kappa shape index (κ1) is 31.7. The Hall–Kier alpha value is 0.537. The van der Waals surface area contributed by atoms with Crippen molar-refractivity contribution < 1.29 is 14.4 Å². The number of halogens is 1. The van der Waals surface area contributed by atoms with Crippen molar-refractivity contribution in [2.45, 2.75) is 142 Å². The Morgan fingerprint density at radius 1 is 0.621 bits per heavy atom. The molecule has 0 heterocycles. The number of unbranched alkanes of at least 4 members (excludes halogenated alkanes) is 14. The molecule has 0 aliphatic carbocycles. The van der Waals surface area contributed by atoms with Crippen LogP contribution in [0.15, 0.2) is 0 Å². The topological polar surface area (TPSA) is 72.7 Å². The Labute approximate surface area is 193 Å². The maximum Gasteiger partial charge on any atom is 0.492 e. The van der Waals surface area contributed by atoms with Gasteiger partial charge in [0.2, 0.25) is 0 Å². The Kier molecular flexibility index (Phi) is 22.4. The highest BCUT2D eigenvalue weighted by molar-refractivity contribution is 8.93. The van der Waals surface area contributed by atoms with E-state index in [9.17, 15) is 0 Å². The van der Waals surface area contributed by atoms with Crippen molar-refractivity contribution in [1.82, 2.24) is 5.32 Å². The van der Waals surface area contributed by atoms with Crippen LogP contribution >= 0.6 is 17.0 Å². The van der Waals surface area contributed by atoms with Crippen LogP contribution in [0.2, 0.25) is 6.04 Å². The van der Waals surface area contributed by atoms with Crippen molar-refractivity contribution in [3.8, 4) is 0 Å². The molecular formula is C23H52BrNO3Si. The van der Waals surface area contributed by atoms with Crippen LogP contribution in [0.4, 0.5) is 0 Å². The minimum Gasteiger partial charge on any atom is -0.390 e. The Morgan fingerprint density at radius 2 is 1.00 bits per heavy atom. The Bertz CT molecular complexity index is 339. The molecule has 0 bridgehead atoms. The molecule has 0 saturated carbocycles. The molecule has 0 aromatic rings. The minimum atomic E-state index is -3.86. The van der Waals surface area contributed by atoms with Gasteiger partial charge in [0, 0.05) is 11.6 Å². The van der Waals surface area contributed by atoms with E-state index < -0.39 is 8.80 Å². The quantitative estimate of drug-likeness (QED) is 0.108. The normalized spacial score (nSPS) is 12.2. The van der Waals surface area contributed by atoms with Gasteiger partial charge in [-0.1, -0.05) is 103 Å². The lowest BCUT2D eigenvalue weighted by molar-refractivity contribution is 0.225. The molecule has 6 heteroatoms. The first-order valence-electron chi connectivity index (χ1n) is 12.2. The molecule has 0 atom stereocenters. The first-order chi connectivity index (χ1) is 13.3. The van der Waals surface area contributed by atoms with Crippen LogP contribution in [-0.2, 0) is 0 Å². The summed E-state index contributed by atoms with van der Waals surface area (Å²) in [6.07, 6.45) is 22.6. The van der Waals surface area contributed by atoms with Crippen LogP contribution in [0.3, 0.4) is 0 Å². The number of rotatable bonds is 21. The van der Waals surface area contributed by atoms with Gasteiger partial charge < -0.3 is 19.7 Å². The first-order valence-corrected chi connectivity index (χ1v) is 14.2. The zero-order valence-electron chi connectivity index (χ0n) is 19.7. The van der Waals surface area contributed by atoms with E-state index in [-0.39, 0.29) is 28.6 Å². The van der Waals surface area contributed by atoms with Gasteiger partial charge in [0.25, 0.3) is 0 Å². The molecule has 0 rings (SSSR count). The van der Waals surface area contributed by atoms with Crippen molar-refractivity contribution in [2.75, 3.05) is 6.54 Å². The van der Waals surface area contributed by atoms with Gasteiger partial charge >= 0.3 is 8.80 Å². The molecule has 0 spiro atoms. The average molecular weight is 499 g/mol. The smallest absolute Gasteiger partial charge is 0.390 e. The highest BCUT2D eigenvalue weighted by Crippen LogP contribution is 2.17. The second-order valence-corrected chi connectivity index (χ2v) is 11.4. The fraction of sp³-hybridized carbons (Fsp3) is 1.00. The molecule has 0 amide bonds. The van der Waals surface area contributed by atoms with Crippen molar-refractivity contribution in [3.63, 3.8) is 0 Å². The van der Waals surface area contributed by atoms with Crippen LogP contribution in [0.1, 0.15) is 130 Å². The average Bonchev–Trinajstić information content (AvgIpc) is 2.61. The fourth-order valence-electron chi connectivity index (χ4n) is 3.78. The van der Waals surface area contributed by atoms with E-state index in [1.54, 1.807) is 0 Å². The van der Waals surface area contributed by atoms with Crippen molar-refractivity contribution in [1.29, 1.82) is 0 Å². The van der Waals surface area contributed by atoms with Gasteiger partial charge in [-0.25, -0.2) is 0 Å². The molecule has 0 aromatic heterocycles. The van der Waals surface area contributed by atoms with Crippen molar-refractivity contribution >= 4 is 25.8 Å². The van der Waals surface area contributed by atoms with E-state index >= 15 is 0 Å². The zero-order valence-corrected chi connectivity index (χ0v) is 22.4. The second kappa shape index (κ2) is 20.4. The maximum atomic E-state index is 9.02. The van der Waals surface area contributed by atoms with Crippen LogP contribution in [-0.4, -0.2) is 35.3 Å². The summed E-state index contributed by atoms with van der Waals surface area (Å²) in [5.74, 6) is 0. The summed E-state index contributed by atoms with van der Waals surface area (Å²) < 4.78 is 0. The zero-order chi connectivity index (χ0) is 21.1. The molecule has 4 nitrogen and oxygen atoms in total. The molecule has 0 aliphatic rings. The molecule has 29 heavy (non-hydrogen) atoms. The summed E-state index contributed by atoms with van der Waals surface area (Å²) in [5.41, 5.74) is 0.0844. The van der Waals surface area contributed by atoms with Gasteiger partial charge in [-0.05, 0) is 33.2 Å². The maximum absolute atomic E-state index is 9.02. The van der Waals surface area contributed by atoms with Gasteiger partial charge in [-0.15, -0.1) is 17.0 Å². The van der Waals surface area contributed by atoms with Crippen LogP contribution in [0.25, 0.3) is 0 Å². The Balaban J connectivity index is 0. The monoisotopic (exact) mass is 497 g/mol. The fourth-order valence-corrected chi connectivity index (χ4v) is 4.43. The summed E-state index contributed by atoms with van der Waals surface area (Å²) in [6.45, 7) is 7.42. The van der Waals surface area contributed by atoms with E-state index in [1.165, 1.54) is 96.3 Å². The van der Waals surface area contributed by atoms with Gasteiger partial charge in [0.1, 0.15) is 0 Å². The standard InChI is InChI=1S/C23H51NO3Si.BrH/c1-4-5-6-7-8-9-10-11-12-13-14-15-16-17-18-20-23(2,3)24-21-19-22-28(25,26)27;/h24-27H,4-22H2,1-3H3;1H.